The Kier molecular flexibility index (Phi) is 29.0. The van der Waals surface area contributed by atoms with E-state index in [1.54, 1.807) is 0 Å². The fourth-order valence-electron chi connectivity index (χ4n) is 5.56. The molecule has 0 saturated heterocycles. The largest absolute Gasteiger partial charge is 0.748 e. The number of nitrogens with zero attached hydrogens (tertiary/aromatic N) is 4. The second kappa shape index (κ2) is 30.1. The number of unbranched alkanes of at least 4 members (excludes halogenated alkanes) is 19. The molecule has 0 aliphatic rings. The minimum atomic E-state index is -3.92. The van der Waals surface area contributed by atoms with Crippen molar-refractivity contribution in [3.05, 3.63) is 37.4 Å². The highest BCUT2D eigenvalue weighted by molar-refractivity contribution is 7.85. The monoisotopic (exact) mass is 718 g/mol. The van der Waals surface area contributed by atoms with E-state index in [4.69, 9.17) is 25.9 Å². The lowest BCUT2D eigenvalue weighted by Gasteiger charge is -2.01. The van der Waals surface area contributed by atoms with E-state index >= 15 is 0 Å². The van der Waals surface area contributed by atoms with E-state index in [0.717, 1.165) is 13.1 Å². The van der Waals surface area contributed by atoms with Crippen LogP contribution < -0.4 is 9.13 Å². The number of imidazole rings is 2. The Morgan fingerprint density at radius 2 is 0.708 bits per heavy atom. The number of rotatable bonds is 27. The standard InChI is InChI=1S/C34H64N4.2CH4O3S/c1-3-5-7-9-11-13-15-17-21-25-35-29-31-37(33-35)27-23-19-20-24-28-38-32-30-36(34-38)26-22-18-16-14-12-10-8-6-4-2;2*1-5(2,3)4/h29-34H,3-28H2,1-2H3;2*1H3,(H,2,3,4)/q+2;;/p-2. The second-order valence-corrected chi connectivity index (χ2v) is 16.1. The molecule has 0 aliphatic carbocycles. The van der Waals surface area contributed by atoms with Gasteiger partial charge in [0, 0.05) is 12.5 Å². The molecule has 10 nitrogen and oxygen atoms in total. The fourth-order valence-corrected chi connectivity index (χ4v) is 5.56. The van der Waals surface area contributed by atoms with E-state index in [2.05, 4.69) is 69.6 Å². The Hall–Kier alpha value is -1.76. The van der Waals surface area contributed by atoms with Gasteiger partial charge in [-0.3, -0.25) is 0 Å². The molecule has 0 bridgehead atoms. The molecule has 0 aliphatic heterocycles. The zero-order valence-electron chi connectivity index (χ0n) is 30.9. The number of aryl methyl sites for hydroxylation is 4. The highest BCUT2D eigenvalue weighted by atomic mass is 32.2. The van der Waals surface area contributed by atoms with Crippen molar-refractivity contribution in [2.24, 2.45) is 0 Å². The number of hydrogen-bond acceptors (Lipinski definition) is 6. The summed E-state index contributed by atoms with van der Waals surface area (Å²) in [7, 11) is -7.83. The molecule has 0 fully saturated rings. The molecule has 48 heavy (non-hydrogen) atoms. The van der Waals surface area contributed by atoms with Gasteiger partial charge in [0.1, 0.15) is 24.8 Å². The Labute approximate surface area is 294 Å². The third-order valence-corrected chi connectivity index (χ3v) is 8.11. The zero-order valence-corrected chi connectivity index (χ0v) is 32.5. The van der Waals surface area contributed by atoms with Crippen LogP contribution in [0.2, 0.25) is 0 Å². The maximum Gasteiger partial charge on any atom is 0.243 e. The van der Waals surface area contributed by atoms with E-state index < -0.39 is 20.2 Å². The van der Waals surface area contributed by atoms with E-state index in [1.165, 1.54) is 154 Å². The van der Waals surface area contributed by atoms with Crippen LogP contribution in [0.25, 0.3) is 0 Å². The zero-order chi connectivity index (χ0) is 35.9. The maximum absolute atomic E-state index is 9.08. The summed E-state index contributed by atoms with van der Waals surface area (Å²) >= 11 is 0. The Morgan fingerprint density at radius 1 is 0.458 bits per heavy atom. The SMILES string of the molecule is CCCCCCCCCCC[n+]1ccn(CCCCCCn2cc[n+](CCCCCCCCCCC)c2)c1.CS(=O)(=O)[O-].CS(=O)(=O)[O-]. The third-order valence-electron chi connectivity index (χ3n) is 8.11. The van der Waals surface area contributed by atoms with Gasteiger partial charge < -0.3 is 9.11 Å². The molecule has 0 aromatic carbocycles. The van der Waals surface area contributed by atoms with Crippen molar-refractivity contribution in [2.45, 2.75) is 181 Å². The molecule has 2 heterocycles. The molecule has 0 amide bonds. The van der Waals surface area contributed by atoms with Crippen molar-refractivity contribution < 1.29 is 35.1 Å². The predicted octanol–water partition coefficient (Wildman–Crippen LogP) is 7.51. The van der Waals surface area contributed by atoms with Gasteiger partial charge in [0.05, 0.1) is 46.4 Å². The van der Waals surface area contributed by atoms with Gasteiger partial charge in [-0.15, -0.1) is 0 Å². The van der Waals surface area contributed by atoms with Crippen LogP contribution in [0.1, 0.15) is 155 Å². The molecule has 282 valence electrons. The highest BCUT2D eigenvalue weighted by Crippen LogP contribution is 2.11. The third kappa shape index (κ3) is 37.1. The van der Waals surface area contributed by atoms with Gasteiger partial charge >= 0.3 is 0 Å². The summed E-state index contributed by atoms with van der Waals surface area (Å²) in [5, 5.41) is 0. The maximum atomic E-state index is 9.08. The molecule has 12 heteroatoms. The van der Waals surface area contributed by atoms with E-state index in [-0.39, 0.29) is 0 Å². The van der Waals surface area contributed by atoms with Crippen LogP contribution in [0.3, 0.4) is 0 Å². The van der Waals surface area contributed by atoms with Crippen molar-refractivity contribution >= 4 is 20.2 Å². The van der Waals surface area contributed by atoms with Gasteiger partial charge in [0.2, 0.25) is 12.7 Å². The summed E-state index contributed by atoms with van der Waals surface area (Å²) in [6, 6.07) is 0. The van der Waals surface area contributed by atoms with Gasteiger partial charge in [-0.25, -0.2) is 35.1 Å². The second-order valence-electron chi connectivity index (χ2n) is 13.3. The van der Waals surface area contributed by atoms with E-state index in [0.29, 0.717) is 12.5 Å². The molecule has 0 saturated carbocycles. The summed E-state index contributed by atoms with van der Waals surface area (Å²) in [4.78, 5) is 0. The first kappa shape index (κ1) is 46.2. The predicted molar refractivity (Wildman–Crippen MR) is 193 cm³/mol. The first-order chi connectivity index (χ1) is 22.8. The van der Waals surface area contributed by atoms with Crippen molar-refractivity contribution in [1.29, 1.82) is 0 Å². The fraction of sp³-hybridized carbons (Fsp3) is 0.833. The molecule has 2 aromatic rings. The average molecular weight is 719 g/mol. The summed E-state index contributed by atoms with van der Waals surface area (Å²) in [6.07, 6.45) is 45.4. The normalized spacial score (nSPS) is 11.5. The Balaban J connectivity index is 0.00000192. The Bertz CT molecular complexity index is 1100. The molecule has 0 N–H and O–H groups in total. The van der Waals surface area contributed by atoms with E-state index in [1.807, 2.05) is 0 Å². The first-order valence-corrected chi connectivity index (χ1v) is 22.4. The van der Waals surface area contributed by atoms with Gasteiger partial charge in [-0.2, -0.15) is 0 Å². The lowest BCUT2D eigenvalue weighted by molar-refractivity contribution is -0.697. The minimum absolute atomic E-state index is 0.604. The summed E-state index contributed by atoms with van der Waals surface area (Å²) < 4.78 is 64.0. The molecule has 2 aromatic heterocycles. The quantitative estimate of drug-likeness (QED) is 0.0534. The van der Waals surface area contributed by atoms with Gasteiger partial charge in [0.15, 0.2) is 0 Å². The highest BCUT2D eigenvalue weighted by Gasteiger charge is 2.06. The summed E-state index contributed by atoms with van der Waals surface area (Å²) in [6.45, 7) is 9.27. The van der Waals surface area contributed by atoms with Crippen molar-refractivity contribution in [3.63, 3.8) is 0 Å². The number of hydrogen-bond donors (Lipinski definition) is 0. The van der Waals surface area contributed by atoms with Crippen LogP contribution in [-0.4, -0.2) is 47.6 Å². The molecule has 0 atom stereocenters. The molecule has 2 rings (SSSR count). The van der Waals surface area contributed by atoms with Crippen molar-refractivity contribution in [1.82, 2.24) is 9.13 Å². The van der Waals surface area contributed by atoms with Crippen molar-refractivity contribution in [2.75, 3.05) is 12.5 Å². The summed E-state index contributed by atoms with van der Waals surface area (Å²) in [5.74, 6) is 0. The van der Waals surface area contributed by atoms with Crippen LogP contribution in [0, 0.1) is 0 Å². The number of aromatic nitrogens is 4. The van der Waals surface area contributed by atoms with Crippen LogP contribution in [0.5, 0.6) is 0 Å². The first-order valence-electron chi connectivity index (χ1n) is 18.7. The lowest BCUT2D eigenvalue weighted by atomic mass is 10.1. The molecule has 0 unspecified atom stereocenters. The average Bonchev–Trinajstić information content (AvgIpc) is 3.65. The van der Waals surface area contributed by atoms with Gasteiger partial charge in [-0.05, 0) is 51.4 Å². The van der Waals surface area contributed by atoms with Crippen LogP contribution in [0.4, 0.5) is 0 Å². The topological polar surface area (TPSA) is 132 Å². The van der Waals surface area contributed by atoms with Crippen LogP contribution >= 0.6 is 0 Å². The molecule has 0 radical (unpaired) electrons. The molecule has 0 spiro atoms. The lowest BCUT2D eigenvalue weighted by Crippen LogP contribution is -2.30. The van der Waals surface area contributed by atoms with Gasteiger partial charge in [0.25, 0.3) is 0 Å². The van der Waals surface area contributed by atoms with Gasteiger partial charge in [-0.1, -0.05) is 104 Å². The van der Waals surface area contributed by atoms with E-state index in [9.17, 15) is 0 Å². The van der Waals surface area contributed by atoms with Crippen LogP contribution in [-0.2, 0) is 46.4 Å². The van der Waals surface area contributed by atoms with Crippen molar-refractivity contribution in [3.8, 4) is 0 Å². The molecular formula is C36H70N4O6S2. The van der Waals surface area contributed by atoms with Crippen LogP contribution in [0.15, 0.2) is 37.4 Å². The summed E-state index contributed by atoms with van der Waals surface area (Å²) in [5.41, 5.74) is 0. The molecular weight excluding hydrogens is 649 g/mol. The minimum Gasteiger partial charge on any atom is -0.748 e. The Morgan fingerprint density at radius 3 is 1.00 bits per heavy atom. The smallest absolute Gasteiger partial charge is 0.243 e.